The fraction of sp³-hybridized carbons (Fsp3) is 0.357. The van der Waals surface area contributed by atoms with Crippen LogP contribution < -0.4 is 5.32 Å². The predicted molar refractivity (Wildman–Crippen MR) is 68.1 cm³/mol. The van der Waals surface area contributed by atoms with Crippen molar-refractivity contribution in [1.29, 1.82) is 0 Å². The number of nitrogens with one attached hydrogen (secondary N) is 1. The molecule has 17 heavy (non-hydrogen) atoms. The summed E-state index contributed by atoms with van der Waals surface area (Å²) in [5.74, 6) is 0. The number of morpholine rings is 1. The molecule has 1 aliphatic rings. The van der Waals surface area contributed by atoms with Gasteiger partial charge in [0.05, 0.1) is 13.2 Å². The first-order chi connectivity index (χ1) is 8.43. The van der Waals surface area contributed by atoms with Gasteiger partial charge < -0.3 is 10.1 Å². The molecule has 2 heterocycles. The van der Waals surface area contributed by atoms with Crippen LogP contribution >= 0.6 is 0 Å². The number of rotatable bonds is 2. The molecule has 88 valence electrons. The molecule has 0 aliphatic carbocycles. The molecule has 0 radical (unpaired) electrons. The lowest BCUT2D eigenvalue weighted by molar-refractivity contribution is 0.0771. The second-order valence-electron chi connectivity index (χ2n) is 4.45. The van der Waals surface area contributed by atoms with Crippen molar-refractivity contribution in [1.82, 2.24) is 10.3 Å². The lowest BCUT2D eigenvalue weighted by Crippen LogP contribution is -2.42. The van der Waals surface area contributed by atoms with Crippen molar-refractivity contribution in [2.45, 2.75) is 12.5 Å². The van der Waals surface area contributed by atoms with E-state index < -0.39 is 0 Å². The molecule has 0 saturated carbocycles. The van der Waals surface area contributed by atoms with Gasteiger partial charge in [0.1, 0.15) is 0 Å². The lowest BCUT2D eigenvalue weighted by atomic mass is 10.0. The summed E-state index contributed by atoms with van der Waals surface area (Å²) >= 11 is 0. The zero-order chi connectivity index (χ0) is 11.5. The van der Waals surface area contributed by atoms with Gasteiger partial charge in [0.15, 0.2) is 0 Å². The molecular weight excluding hydrogens is 212 g/mol. The molecule has 0 bridgehead atoms. The zero-order valence-corrected chi connectivity index (χ0v) is 9.73. The maximum atomic E-state index is 5.48. The van der Waals surface area contributed by atoms with Gasteiger partial charge in [0.25, 0.3) is 0 Å². The molecule has 1 N–H and O–H groups in total. The molecule has 1 aromatic carbocycles. The van der Waals surface area contributed by atoms with E-state index in [0.29, 0.717) is 6.04 Å². The molecule has 3 nitrogen and oxygen atoms in total. The summed E-state index contributed by atoms with van der Waals surface area (Å²) in [6.45, 7) is 2.57. The standard InChI is InChI=1S/C14H16N2O/c1-2-4-14-11(3-1)8-15-9-12(14)7-13-10-17-6-5-16-13/h1-4,8-9,13,16H,5-7,10H2. The molecular formula is C14H16N2O. The Balaban J connectivity index is 1.89. The molecule has 1 atom stereocenters. The van der Waals surface area contributed by atoms with Crippen molar-refractivity contribution in [2.24, 2.45) is 0 Å². The van der Waals surface area contributed by atoms with Crippen molar-refractivity contribution >= 4 is 10.8 Å². The topological polar surface area (TPSA) is 34.1 Å². The minimum atomic E-state index is 0.413. The van der Waals surface area contributed by atoms with Gasteiger partial charge in [-0.2, -0.15) is 0 Å². The third-order valence-electron chi connectivity index (χ3n) is 3.22. The van der Waals surface area contributed by atoms with E-state index in [9.17, 15) is 0 Å². The van der Waals surface area contributed by atoms with Crippen molar-refractivity contribution in [3.05, 3.63) is 42.2 Å². The number of aromatic nitrogens is 1. The van der Waals surface area contributed by atoms with Gasteiger partial charge in [0.2, 0.25) is 0 Å². The molecule has 1 saturated heterocycles. The Morgan fingerprint density at radius 3 is 3.12 bits per heavy atom. The maximum Gasteiger partial charge on any atom is 0.0623 e. The highest BCUT2D eigenvalue weighted by molar-refractivity contribution is 5.84. The minimum Gasteiger partial charge on any atom is -0.379 e. The van der Waals surface area contributed by atoms with Gasteiger partial charge >= 0.3 is 0 Å². The van der Waals surface area contributed by atoms with Crippen molar-refractivity contribution in [2.75, 3.05) is 19.8 Å². The fourth-order valence-corrected chi connectivity index (χ4v) is 2.36. The number of fused-ring (bicyclic) bond motifs is 1. The van der Waals surface area contributed by atoms with Gasteiger partial charge in [-0.1, -0.05) is 24.3 Å². The molecule has 2 aromatic rings. The van der Waals surface area contributed by atoms with Crippen LogP contribution in [0.5, 0.6) is 0 Å². The molecule has 1 aliphatic heterocycles. The summed E-state index contributed by atoms with van der Waals surface area (Å²) in [5, 5.41) is 5.99. The first-order valence-corrected chi connectivity index (χ1v) is 6.06. The Kier molecular flexibility index (Phi) is 3.03. The second-order valence-corrected chi connectivity index (χ2v) is 4.45. The highest BCUT2D eigenvalue weighted by atomic mass is 16.5. The quantitative estimate of drug-likeness (QED) is 0.850. The Morgan fingerprint density at radius 2 is 2.24 bits per heavy atom. The number of hydrogen-bond acceptors (Lipinski definition) is 3. The first kappa shape index (κ1) is 10.7. The summed E-state index contributed by atoms with van der Waals surface area (Å²) < 4.78 is 5.48. The van der Waals surface area contributed by atoms with Crippen molar-refractivity contribution in [3.63, 3.8) is 0 Å². The molecule has 1 aromatic heterocycles. The largest absolute Gasteiger partial charge is 0.379 e. The van der Waals surface area contributed by atoms with E-state index in [1.165, 1.54) is 16.3 Å². The third-order valence-corrected chi connectivity index (χ3v) is 3.22. The van der Waals surface area contributed by atoms with Crippen LogP contribution in [0.4, 0.5) is 0 Å². The van der Waals surface area contributed by atoms with E-state index in [0.717, 1.165) is 26.2 Å². The van der Waals surface area contributed by atoms with E-state index in [2.05, 4.69) is 34.6 Å². The van der Waals surface area contributed by atoms with Crippen LogP contribution in [0.15, 0.2) is 36.7 Å². The van der Waals surface area contributed by atoms with Crippen LogP contribution in [-0.2, 0) is 11.2 Å². The number of ether oxygens (including phenoxy) is 1. The van der Waals surface area contributed by atoms with Crippen LogP contribution in [0.2, 0.25) is 0 Å². The van der Waals surface area contributed by atoms with Gasteiger partial charge in [-0.15, -0.1) is 0 Å². The number of benzene rings is 1. The maximum absolute atomic E-state index is 5.48. The molecule has 0 spiro atoms. The average molecular weight is 228 g/mol. The van der Waals surface area contributed by atoms with E-state index in [1.807, 2.05) is 12.4 Å². The minimum absolute atomic E-state index is 0.413. The van der Waals surface area contributed by atoms with Crippen molar-refractivity contribution < 1.29 is 4.74 Å². The zero-order valence-electron chi connectivity index (χ0n) is 9.73. The van der Waals surface area contributed by atoms with Crippen molar-refractivity contribution in [3.8, 4) is 0 Å². The van der Waals surface area contributed by atoms with E-state index in [1.54, 1.807) is 0 Å². The lowest BCUT2D eigenvalue weighted by Gasteiger charge is -2.24. The Bertz CT molecular complexity index is 501. The SMILES string of the molecule is c1ccc2c(CC3COCCN3)cncc2c1. The number of nitrogens with zero attached hydrogens (tertiary/aromatic N) is 1. The number of pyridine rings is 1. The molecule has 0 amide bonds. The van der Waals surface area contributed by atoms with Gasteiger partial charge in [-0.3, -0.25) is 4.98 Å². The third kappa shape index (κ3) is 2.30. The smallest absolute Gasteiger partial charge is 0.0623 e. The fourth-order valence-electron chi connectivity index (χ4n) is 2.36. The summed E-state index contributed by atoms with van der Waals surface area (Å²) in [4.78, 5) is 4.31. The van der Waals surface area contributed by atoms with Crippen LogP contribution in [0, 0.1) is 0 Å². The Hall–Kier alpha value is -1.45. The Morgan fingerprint density at radius 1 is 1.29 bits per heavy atom. The number of hydrogen-bond donors (Lipinski definition) is 1. The summed E-state index contributed by atoms with van der Waals surface area (Å²) in [6, 6.07) is 8.82. The molecule has 1 fully saturated rings. The van der Waals surface area contributed by atoms with Gasteiger partial charge in [0, 0.05) is 30.4 Å². The average Bonchev–Trinajstić information content (AvgIpc) is 2.40. The predicted octanol–water partition coefficient (Wildman–Crippen LogP) is 1.77. The highest BCUT2D eigenvalue weighted by Gasteiger charge is 2.14. The summed E-state index contributed by atoms with van der Waals surface area (Å²) in [5.41, 5.74) is 1.30. The van der Waals surface area contributed by atoms with Crippen LogP contribution in [0.3, 0.4) is 0 Å². The van der Waals surface area contributed by atoms with E-state index >= 15 is 0 Å². The summed E-state index contributed by atoms with van der Waals surface area (Å²) in [6.07, 6.45) is 4.87. The molecule has 3 rings (SSSR count). The van der Waals surface area contributed by atoms with Crippen LogP contribution in [0.25, 0.3) is 10.8 Å². The highest BCUT2D eigenvalue weighted by Crippen LogP contribution is 2.18. The van der Waals surface area contributed by atoms with Gasteiger partial charge in [-0.05, 0) is 17.4 Å². The normalized spacial score (nSPS) is 20.6. The molecule has 1 unspecified atom stereocenters. The van der Waals surface area contributed by atoms with E-state index in [-0.39, 0.29) is 0 Å². The molecule has 3 heteroatoms. The monoisotopic (exact) mass is 228 g/mol. The van der Waals surface area contributed by atoms with Gasteiger partial charge in [-0.25, -0.2) is 0 Å². The van der Waals surface area contributed by atoms with Crippen LogP contribution in [-0.4, -0.2) is 30.8 Å². The second kappa shape index (κ2) is 4.82. The van der Waals surface area contributed by atoms with E-state index in [4.69, 9.17) is 4.74 Å². The summed E-state index contributed by atoms with van der Waals surface area (Å²) in [7, 11) is 0. The first-order valence-electron chi connectivity index (χ1n) is 6.06. The van der Waals surface area contributed by atoms with Crippen LogP contribution in [0.1, 0.15) is 5.56 Å². The Labute approximate surface area is 101 Å².